The van der Waals surface area contributed by atoms with Crippen LogP contribution in [0.15, 0.2) is 18.2 Å². The van der Waals surface area contributed by atoms with E-state index in [1.807, 2.05) is 6.92 Å². The first-order valence-electron chi connectivity index (χ1n) is 5.03. The van der Waals surface area contributed by atoms with Crippen LogP contribution in [0, 0.1) is 11.6 Å². The van der Waals surface area contributed by atoms with Crippen LogP contribution in [0.2, 0.25) is 0 Å². The molecule has 0 bridgehead atoms. The van der Waals surface area contributed by atoms with Gasteiger partial charge in [-0.15, -0.1) is 0 Å². The van der Waals surface area contributed by atoms with E-state index in [1.165, 1.54) is 12.1 Å². The Morgan fingerprint density at radius 2 is 2.13 bits per heavy atom. The second-order valence-electron chi connectivity index (χ2n) is 3.48. The van der Waals surface area contributed by atoms with Crippen molar-refractivity contribution in [1.82, 2.24) is 5.32 Å². The molecule has 0 aliphatic rings. The maximum Gasteiger partial charge on any atom is 0.130 e. The standard InChI is InChI=1S/C11H16F2N2/c1-8(15-6-2-5-14)10-4-3-9(12)7-11(10)13/h3-4,7-8,15H,2,5-6,14H2,1H3. The van der Waals surface area contributed by atoms with Gasteiger partial charge in [-0.2, -0.15) is 0 Å². The fraction of sp³-hybridized carbons (Fsp3) is 0.455. The largest absolute Gasteiger partial charge is 0.330 e. The van der Waals surface area contributed by atoms with Crippen molar-refractivity contribution in [3.63, 3.8) is 0 Å². The third-order valence-corrected chi connectivity index (χ3v) is 2.26. The molecule has 0 amide bonds. The van der Waals surface area contributed by atoms with Crippen LogP contribution in [0.4, 0.5) is 8.78 Å². The molecule has 1 rings (SSSR count). The zero-order valence-electron chi connectivity index (χ0n) is 8.76. The van der Waals surface area contributed by atoms with Crippen molar-refractivity contribution >= 4 is 0 Å². The molecule has 0 fully saturated rings. The van der Waals surface area contributed by atoms with Crippen molar-refractivity contribution in [1.29, 1.82) is 0 Å². The maximum absolute atomic E-state index is 13.3. The molecule has 0 saturated carbocycles. The van der Waals surface area contributed by atoms with Crippen LogP contribution in [0.5, 0.6) is 0 Å². The average molecular weight is 214 g/mol. The first-order chi connectivity index (χ1) is 7.15. The van der Waals surface area contributed by atoms with Crippen LogP contribution in [0.1, 0.15) is 24.9 Å². The lowest BCUT2D eigenvalue weighted by atomic mass is 10.1. The van der Waals surface area contributed by atoms with Gasteiger partial charge in [-0.05, 0) is 32.5 Å². The van der Waals surface area contributed by atoms with Crippen LogP contribution in [-0.4, -0.2) is 13.1 Å². The first-order valence-corrected chi connectivity index (χ1v) is 5.03. The molecular formula is C11H16F2N2. The Morgan fingerprint density at radius 3 is 2.73 bits per heavy atom. The van der Waals surface area contributed by atoms with Crippen molar-refractivity contribution in [3.8, 4) is 0 Å². The van der Waals surface area contributed by atoms with E-state index < -0.39 is 11.6 Å². The summed E-state index contributed by atoms with van der Waals surface area (Å²) in [5, 5.41) is 3.12. The van der Waals surface area contributed by atoms with Crippen LogP contribution < -0.4 is 11.1 Å². The van der Waals surface area contributed by atoms with Crippen molar-refractivity contribution in [2.45, 2.75) is 19.4 Å². The Morgan fingerprint density at radius 1 is 1.40 bits per heavy atom. The molecule has 1 unspecified atom stereocenters. The topological polar surface area (TPSA) is 38.0 Å². The number of halogens is 2. The number of nitrogens with one attached hydrogen (secondary N) is 1. The van der Waals surface area contributed by atoms with Gasteiger partial charge in [0.05, 0.1) is 0 Å². The van der Waals surface area contributed by atoms with Crippen molar-refractivity contribution in [2.24, 2.45) is 5.73 Å². The van der Waals surface area contributed by atoms with Gasteiger partial charge in [-0.1, -0.05) is 6.07 Å². The lowest BCUT2D eigenvalue weighted by molar-refractivity contribution is 0.514. The summed E-state index contributed by atoms with van der Waals surface area (Å²) < 4.78 is 25.9. The minimum absolute atomic E-state index is 0.128. The maximum atomic E-state index is 13.3. The van der Waals surface area contributed by atoms with Crippen LogP contribution in [0.25, 0.3) is 0 Å². The average Bonchev–Trinajstić information content (AvgIpc) is 2.17. The van der Waals surface area contributed by atoms with Gasteiger partial charge in [0.2, 0.25) is 0 Å². The Balaban J connectivity index is 2.61. The molecule has 0 aromatic heterocycles. The monoisotopic (exact) mass is 214 g/mol. The summed E-state index contributed by atoms with van der Waals surface area (Å²) in [6, 6.07) is 3.50. The summed E-state index contributed by atoms with van der Waals surface area (Å²) in [7, 11) is 0. The molecule has 4 heteroatoms. The normalized spacial score (nSPS) is 12.8. The molecule has 0 aliphatic heterocycles. The molecule has 0 spiro atoms. The smallest absolute Gasteiger partial charge is 0.130 e. The molecule has 1 aromatic carbocycles. The summed E-state index contributed by atoms with van der Waals surface area (Å²) in [6.45, 7) is 3.17. The predicted molar refractivity (Wildman–Crippen MR) is 56.4 cm³/mol. The SMILES string of the molecule is CC(NCCCN)c1ccc(F)cc1F. The van der Waals surface area contributed by atoms with E-state index in [0.29, 0.717) is 12.1 Å². The van der Waals surface area contributed by atoms with E-state index in [0.717, 1.165) is 19.0 Å². The summed E-state index contributed by atoms with van der Waals surface area (Å²) in [5.41, 5.74) is 5.82. The Labute approximate surface area is 88.5 Å². The minimum Gasteiger partial charge on any atom is -0.330 e. The van der Waals surface area contributed by atoms with E-state index in [2.05, 4.69) is 5.32 Å². The van der Waals surface area contributed by atoms with Gasteiger partial charge in [-0.3, -0.25) is 0 Å². The number of benzene rings is 1. The Kier molecular flexibility index (Phi) is 4.65. The van der Waals surface area contributed by atoms with Crippen LogP contribution >= 0.6 is 0 Å². The van der Waals surface area contributed by atoms with E-state index in [-0.39, 0.29) is 6.04 Å². The summed E-state index contributed by atoms with van der Waals surface area (Å²) >= 11 is 0. The Bertz CT molecular complexity index is 315. The molecule has 15 heavy (non-hydrogen) atoms. The van der Waals surface area contributed by atoms with Gasteiger partial charge < -0.3 is 11.1 Å². The number of hydrogen-bond acceptors (Lipinski definition) is 2. The lowest BCUT2D eigenvalue weighted by Gasteiger charge is -2.14. The zero-order chi connectivity index (χ0) is 11.3. The molecule has 84 valence electrons. The van der Waals surface area contributed by atoms with Gasteiger partial charge >= 0.3 is 0 Å². The summed E-state index contributed by atoms with van der Waals surface area (Å²) in [5.74, 6) is -1.06. The fourth-order valence-corrected chi connectivity index (χ4v) is 1.38. The highest BCUT2D eigenvalue weighted by atomic mass is 19.1. The minimum atomic E-state index is -0.551. The molecular weight excluding hydrogens is 198 g/mol. The molecule has 0 heterocycles. The lowest BCUT2D eigenvalue weighted by Crippen LogP contribution is -2.22. The van der Waals surface area contributed by atoms with Crippen molar-refractivity contribution in [2.75, 3.05) is 13.1 Å². The van der Waals surface area contributed by atoms with Crippen LogP contribution in [0.3, 0.4) is 0 Å². The van der Waals surface area contributed by atoms with Crippen molar-refractivity contribution in [3.05, 3.63) is 35.4 Å². The quantitative estimate of drug-likeness (QED) is 0.735. The highest BCUT2D eigenvalue weighted by molar-refractivity contribution is 5.21. The third kappa shape index (κ3) is 3.57. The van der Waals surface area contributed by atoms with Gasteiger partial charge in [-0.25, -0.2) is 8.78 Å². The highest BCUT2D eigenvalue weighted by Gasteiger charge is 2.10. The van der Waals surface area contributed by atoms with Gasteiger partial charge in [0.25, 0.3) is 0 Å². The molecule has 0 aliphatic carbocycles. The third-order valence-electron chi connectivity index (χ3n) is 2.26. The Hall–Kier alpha value is -1.00. The second-order valence-corrected chi connectivity index (χ2v) is 3.48. The van der Waals surface area contributed by atoms with Crippen LogP contribution in [-0.2, 0) is 0 Å². The highest BCUT2D eigenvalue weighted by Crippen LogP contribution is 2.17. The van der Waals surface area contributed by atoms with E-state index in [1.54, 1.807) is 0 Å². The molecule has 0 radical (unpaired) electrons. The molecule has 1 aromatic rings. The molecule has 3 N–H and O–H groups in total. The predicted octanol–water partition coefficient (Wildman–Crippen LogP) is 1.96. The fourth-order valence-electron chi connectivity index (χ4n) is 1.38. The van der Waals surface area contributed by atoms with Gasteiger partial charge in [0.15, 0.2) is 0 Å². The summed E-state index contributed by atoms with van der Waals surface area (Å²) in [6.07, 6.45) is 0.840. The molecule has 2 nitrogen and oxygen atoms in total. The first kappa shape index (κ1) is 12.1. The molecule has 1 atom stereocenters. The van der Waals surface area contributed by atoms with E-state index in [9.17, 15) is 8.78 Å². The number of hydrogen-bond donors (Lipinski definition) is 2. The van der Waals surface area contributed by atoms with Gasteiger partial charge in [0, 0.05) is 17.7 Å². The molecule has 0 saturated heterocycles. The van der Waals surface area contributed by atoms with E-state index in [4.69, 9.17) is 5.73 Å². The van der Waals surface area contributed by atoms with E-state index >= 15 is 0 Å². The van der Waals surface area contributed by atoms with Crippen molar-refractivity contribution < 1.29 is 8.78 Å². The second kappa shape index (κ2) is 5.78. The van der Waals surface area contributed by atoms with Gasteiger partial charge in [0.1, 0.15) is 11.6 Å². The zero-order valence-corrected chi connectivity index (χ0v) is 8.76. The number of rotatable bonds is 5. The number of nitrogens with two attached hydrogens (primary N) is 1. The summed E-state index contributed by atoms with van der Waals surface area (Å²) in [4.78, 5) is 0.